The summed E-state index contributed by atoms with van der Waals surface area (Å²) in [5, 5.41) is 10.9. The van der Waals surface area contributed by atoms with Gasteiger partial charge in [0, 0.05) is 25.1 Å². The van der Waals surface area contributed by atoms with Gasteiger partial charge in [-0.05, 0) is 18.9 Å². The molecule has 1 aliphatic heterocycles. The molecule has 2 aromatic rings. The van der Waals surface area contributed by atoms with Crippen LogP contribution in [-0.2, 0) is 9.53 Å². The molecule has 3 rings (SSSR count). The van der Waals surface area contributed by atoms with Gasteiger partial charge in [-0.1, -0.05) is 12.1 Å². The van der Waals surface area contributed by atoms with E-state index in [9.17, 15) is 4.79 Å². The zero-order chi connectivity index (χ0) is 14.0. The van der Waals surface area contributed by atoms with E-state index >= 15 is 0 Å². The summed E-state index contributed by atoms with van der Waals surface area (Å²) in [6, 6.07) is 5.70. The van der Waals surface area contributed by atoms with Crippen LogP contribution in [0.1, 0.15) is 12.8 Å². The van der Waals surface area contributed by atoms with E-state index in [1.54, 1.807) is 6.20 Å². The summed E-state index contributed by atoms with van der Waals surface area (Å²) >= 11 is 0. The summed E-state index contributed by atoms with van der Waals surface area (Å²) in [5.41, 5.74) is 6.90. The molecule has 1 saturated heterocycles. The molecule has 1 aromatic heterocycles. The maximum absolute atomic E-state index is 12.6. The fourth-order valence-electron chi connectivity index (χ4n) is 2.61. The van der Waals surface area contributed by atoms with Gasteiger partial charge in [-0.3, -0.25) is 9.89 Å². The molecule has 1 aromatic carbocycles. The van der Waals surface area contributed by atoms with E-state index in [1.807, 2.05) is 18.2 Å². The lowest BCUT2D eigenvalue weighted by atomic mass is 9.79. The van der Waals surface area contributed by atoms with Crippen molar-refractivity contribution in [2.75, 3.05) is 25.1 Å². The average Bonchev–Trinajstić information content (AvgIpc) is 2.97. The smallest absolute Gasteiger partial charge is 0.232 e. The number of nitrogens with one attached hydrogen (secondary N) is 2. The standard InChI is InChI=1S/C14H18N4O2/c15-9-14(4-6-20-7-5-14)13(19)17-11-3-1-2-10-8-16-18-12(10)11/h1-3,8H,4-7,9,15H2,(H,16,18)(H,17,19). The first kappa shape index (κ1) is 13.1. The average molecular weight is 274 g/mol. The summed E-state index contributed by atoms with van der Waals surface area (Å²) in [5.74, 6) is -0.0367. The molecule has 6 heteroatoms. The van der Waals surface area contributed by atoms with Crippen LogP contribution in [0.15, 0.2) is 24.4 Å². The minimum absolute atomic E-state index is 0.0367. The molecule has 0 aliphatic carbocycles. The largest absolute Gasteiger partial charge is 0.381 e. The number of nitrogens with zero attached hydrogens (tertiary/aromatic N) is 1. The lowest BCUT2D eigenvalue weighted by molar-refractivity contribution is -0.130. The number of H-pyrrole nitrogens is 1. The van der Waals surface area contributed by atoms with Crippen LogP contribution in [-0.4, -0.2) is 35.9 Å². The number of fused-ring (bicyclic) bond motifs is 1. The first-order chi connectivity index (χ1) is 9.75. The van der Waals surface area contributed by atoms with Crippen molar-refractivity contribution in [3.05, 3.63) is 24.4 Å². The Morgan fingerprint density at radius 3 is 3.00 bits per heavy atom. The van der Waals surface area contributed by atoms with Crippen LogP contribution in [0.5, 0.6) is 0 Å². The Labute approximate surface area is 116 Å². The molecular weight excluding hydrogens is 256 g/mol. The predicted octanol–water partition coefficient (Wildman–Crippen LogP) is 1.26. The molecule has 0 atom stereocenters. The minimum Gasteiger partial charge on any atom is -0.381 e. The Morgan fingerprint density at radius 2 is 2.25 bits per heavy atom. The lowest BCUT2D eigenvalue weighted by Gasteiger charge is -2.34. The van der Waals surface area contributed by atoms with E-state index in [1.165, 1.54) is 0 Å². The SMILES string of the molecule is NCC1(C(=O)Nc2cccc3cn[nH]c23)CCOCC1. The van der Waals surface area contributed by atoms with E-state index < -0.39 is 5.41 Å². The van der Waals surface area contributed by atoms with Gasteiger partial charge in [-0.25, -0.2) is 0 Å². The van der Waals surface area contributed by atoms with Crippen LogP contribution >= 0.6 is 0 Å². The highest BCUT2D eigenvalue weighted by Gasteiger charge is 2.38. The number of carbonyl (C=O) groups is 1. The lowest BCUT2D eigenvalue weighted by Crippen LogP contribution is -2.46. The van der Waals surface area contributed by atoms with Crippen molar-refractivity contribution in [2.45, 2.75) is 12.8 Å². The van der Waals surface area contributed by atoms with E-state index in [0.717, 1.165) is 16.6 Å². The van der Waals surface area contributed by atoms with Gasteiger partial charge < -0.3 is 15.8 Å². The second-order valence-corrected chi connectivity index (χ2v) is 5.19. The fraction of sp³-hybridized carbons (Fsp3) is 0.429. The quantitative estimate of drug-likeness (QED) is 0.785. The van der Waals surface area contributed by atoms with E-state index in [2.05, 4.69) is 15.5 Å². The van der Waals surface area contributed by atoms with Gasteiger partial charge >= 0.3 is 0 Å². The van der Waals surface area contributed by atoms with Gasteiger partial charge in [0.05, 0.1) is 22.8 Å². The molecule has 0 bridgehead atoms. The molecule has 1 aliphatic rings. The highest BCUT2D eigenvalue weighted by molar-refractivity contribution is 6.02. The predicted molar refractivity (Wildman–Crippen MR) is 76.3 cm³/mol. The molecule has 2 heterocycles. The zero-order valence-electron chi connectivity index (χ0n) is 11.2. The molecule has 0 saturated carbocycles. The zero-order valence-corrected chi connectivity index (χ0v) is 11.2. The number of amides is 1. The topological polar surface area (TPSA) is 93.0 Å². The maximum Gasteiger partial charge on any atom is 0.232 e. The third-order valence-corrected chi connectivity index (χ3v) is 4.05. The monoisotopic (exact) mass is 274 g/mol. The van der Waals surface area contributed by atoms with Crippen LogP contribution in [0.25, 0.3) is 10.9 Å². The molecule has 4 N–H and O–H groups in total. The molecule has 106 valence electrons. The molecule has 6 nitrogen and oxygen atoms in total. The number of aromatic amines is 1. The van der Waals surface area contributed by atoms with Gasteiger partial charge in [-0.15, -0.1) is 0 Å². The number of benzene rings is 1. The summed E-state index contributed by atoms with van der Waals surface area (Å²) in [7, 11) is 0. The molecule has 20 heavy (non-hydrogen) atoms. The molecule has 0 spiro atoms. The first-order valence-electron chi connectivity index (χ1n) is 6.76. The molecule has 1 fully saturated rings. The number of hydrogen-bond donors (Lipinski definition) is 3. The van der Waals surface area contributed by atoms with Gasteiger partial charge in [0.15, 0.2) is 0 Å². The van der Waals surface area contributed by atoms with Crippen LogP contribution in [0.2, 0.25) is 0 Å². The summed E-state index contributed by atoms with van der Waals surface area (Å²) in [4.78, 5) is 12.6. The van der Waals surface area contributed by atoms with E-state index in [4.69, 9.17) is 10.5 Å². The number of rotatable bonds is 3. The van der Waals surface area contributed by atoms with Crippen molar-refractivity contribution < 1.29 is 9.53 Å². The van der Waals surface area contributed by atoms with Gasteiger partial charge in [0.25, 0.3) is 0 Å². The second-order valence-electron chi connectivity index (χ2n) is 5.19. The van der Waals surface area contributed by atoms with Crippen LogP contribution < -0.4 is 11.1 Å². The van der Waals surface area contributed by atoms with Crippen molar-refractivity contribution in [1.82, 2.24) is 10.2 Å². The third-order valence-electron chi connectivity index (χ3n) is 4.05. The fourth-order valence-corrected chi connectivity index (χ4v) is 2.61. The normalized spacial score (nSPS) is 18.1. The maximum atomic E-state index is 12.6. The molecule has 1 amide bonds. The minimum atomic E-state index is -0.527. The number of nitrogens with two attached hydrogens (primary N) is 1. The van der Waals surface area contributed by atoms with Gasteiger partial charge in [-0.2, -0.15) is 5.10 Å². The van der Waals surface area contributed by atoms with Gasteiger partial charge in [0.2, 0.25) is 5.91 Å². The Balaban J connectivity index is 1.86. The van der Waals surface area contributed by atoms with Crippen LogP contribution in [0, 0.1) is 5.41 Å². The highest BCUT2D eigenvalue weighted by Crippen LogP contribution is 2.31. The Kier molecular flexibility index (Phi) is 3.42. The first-order valence-corrected chi connectivity index (χ1v) is 6.76. The third kappa shape index (κ3) is 2.17. The number of hydrogen-bond acceptors (Lipinski definition) is 4. The highest BCUT2D eigenvalue weighted by atomic mass is 16.5. The second kappa shape index (κ2) is 5.22. The van der Waals surface area contributed by atoms with Crippen molar-refractivity contribution in [1.29, 1.82) is 0 Å². The Morgan fingerprint density at radius 1 is 1.45 bits per heavy atom. The molecule has 0 unspecified atom stereocenters. The number of ether oxygens (including phenoxy) is 1. The Bertz CT molecular complexity index is 616. The molecular formula is C14H18N4O2. The van der Waals surface area contributed by atoms with Crippen molar-refractivity contribution >= 4 is 22.5 Å². The number of carbonyl (C=O) groups excluding carboxylic acids is 1. The number of aromatic nitrogens is 2. The van der Waals surface area contributed by atoms with Gasteiger partial charge in [0.1, 0.15) is 0 Å². The number of para-hydroxylation sites is 1. The molecule has 0 radical (unpaired) electrons. The summed E-state index contributed by atoms with van der Waals surface area (Å²) < 4.78 is 5.33. The van der Waals surface area contributed by atoms with Crippen LogP contribution in [0.4, 0.5) is 5.69 Å². The van der Waals surface area contributed by atoms with E-state index in [0.29, 0.717) is 32.6 Å². The summed E-state index contributed by atoms with van der Waals surface area (Å²) in [6.07, 6.45) is 3.06. The summed E-state index contributed by atoms with van der Waals surface area (Å²) in [6.45, 7) is 1.50. The Hall–Kier alpha value is -1.92. The van der Waals surface area contributed by atoms with Crippen LogP contribution in [0.3, 0.4) is 0 Å². The van der Waals surface area contributed by atoms with Crippen molar-refractivity contribution in [3.63, 3.8) is 0 Å². The number of anilines is 1. The van der Waals surface area contributed by atoms with Crippen molar-refractivity contribution in [3.8, 4) is 0 Å². The van der Waals surface area contributed by atoms with Crippen molar-refractivity contribution in [2.24, 2.45) is 11.1 Å². The van der Waals surface area contributed by atoms with E-state index in [-0.39, 0.29) is 5.91 Å².